The van der Waals surface area contributed by atoms with Crippen molar-refractivity contribution in [3.63, 3.8) is 0 Å². The number of sulfonamides is 1. The summed E-state index contributed by atoms with van der Waals surface area (Å²) < 4.78 is 26.9. The Bertz CT molecular complexity index is 712. The summed E-state index contributed by atoms with van der Waals surface area (Å²) in [6.07, 6.45) is 1.86. The molecule has 3 rings (SSSR count). The van der Waals surface area contributed by atoms with E-state index in [9.17, 15) is 13.2 Å². The smallest absolute Gasteiger partial charge is 0.303 e. The molecule has 1 spiro atoms. The van der Waals surface area contributed by atoms with Crippen LogP contribution in [0.3, 0.4) is 0 Å². The molecule has 0 amide bonds. The van der Waals surface area contributed by atoms with Crippen LogP contribution in [0.2, 0.25) is 0 Å². The number of aliphatic carboxylic acids is 1. The maximum atomic E-state index is 12.7. The molecular weight excluding hydrogens is 302 g/mol. The van der Waals surface area contributed by atoms with Crippen LogP contribution in [0.1, 0.15) is 30.4 Å². The van der Waals surface area contributed by atoms with Gasteiger partial charge in [-0.15, -0.1) is 0 Å². The number of hydrogen-bond donors (Lipinski definition) is 1. The molecule has 1 saturated carbocycles. The van der Waals surface area contributed by atoms with Gasteiger partial charge in [0.1, 0.15) is 0 Å². The lowest BCUT2D eigenvalue weighted by Crippen LogP contribution is -2.63. The standard InChI is InChI=1S/C16H21NO4S/c1-11-4-3-5-14(12(11)2)22(20,21)17-9-16(10-17)7-13(8-16)6-15(18)19/h3-5,13H,6-10H2,1-2H3,(H,18,19). The van der Waals surface area contributed by atoms with Crippen molar-refractivity contribution >= 4 is 16.0 Å². The van der Waals surface area contributed by atoms with Gasteiger partial charge in [-0.05, 0) is 55.2 Å². The number of nitrogens with zero attached hydrogens (tertiary/aromatic N) is 1. The zero-order chi connectivity index (χ0) is 16.1. The molecule has 0 aromatic heterocycles. The Morgan fingerprint density at radius 1 is 1.32 bits per heavy atom. The first kappa shape index (κ1) is 15.5. The molecular formula is C16H21NO4S. The van der Waals surface area contributed by atoms with E-state index in [1.54, 1.807) is 12.1 Å². The first-order valence-corrected chi connectivity index (χ1v) is 8.96. The summed E-state index contributed by atoms with van der Waals surface area (Å²) in [6, 6.07) is 5.35. The van der Waals surface area contributed by atoms with Crippen molar-refractivity contribution in [1.29, 1.82) is 0 Å². The van der Waals surface area contributed by atoms with E-state index < -0.39 is 16.0 Å². The molecule has 0 bridgehead atoms. The molecule has 1 saturated heterocycles. The predicted octanol–water partition coefficient (Wildman–Crippen LogP) is 2.18. The lowest BCUT2D eigenvalue weighted by Gasteiger charge is -2.58. The van der Waals surface area contributed by atoms with E-state index >= 15 is 0 Å². The van der Waals surface area contributed by atoms with Gasteiger partial charge in [0, 0.05) is 19.5 Å². The first-order chi connectivity index (χ1) is 10.2. The van der Waals surface area contributed by atoms with Crippen molar-refractivity contribution in [3.05, 3.63) is 29.3 Å². The SMILES string of the molecule is Cc1cccc(S(=O)(=O)N2CC3(CC(CC(=O)O)C3)C2)c1C. The van der Waals surface area contributed by atoms with Gasteiger partial charge in [-0.1, -0.05) is 12.1 Å². The van der Waals surface area contributed by atoms with Crippen LogP contribution in [-0.2, 0) is 14.8 Å². The minimum Gasteiger partial charge on any atom is -0.481 e. The van der Waals surface area contributed by atoms with Crippen LogP contribution in [0.5, 0.6) is 0 Å². The minimum absolute atomic E-state index is 0.0327. The second-order valence-electron chi connectivity index (χ2n) is 6.84. The third-order valence-electron chi connectivity index (χ3n) is 5.10. The van der Waals surface area contributed by atoms with Gasteiger partial charge in [0.2, 0.25) is 10.0 Å². The summed E-state index contributed by atoms with van der Waals surface area (Å²) in [5, 5.41) is 8.79. The van der Waals surface area contributed by atoms with Crippen molar-refractivity contribution in [2.24, 2.45) is 11.3 Å². The van der Waals surface area contributed by atoms with E-state index in [-0.39, 0.29) is 17.8 Å². The quantitative estimate of drug-likeness (QED) is 0.921. The Morgan fingerprint density at radius 2 is 1.95 bits per heavy atom. The molecule has 0 unspecified atom stereocenters. The van der Waals surface area contributed by atoms with E-state index in [0.717, 1.165) is 24.0 Å². The molecule has 0 radical (unpaired) electrons. The summed E-state index contributed by atoms with van der Waals surface area (Å²) in [5.41, 5.74) is 1.81. The molecule has 22 heavy (non-hydrogen) atoms. The molecule has 1 aliphatic carbocycles. The average molecular weight is 323 g/mol. The third-order valence-corrected chi connectivity index (χ3v) is 7.04. The zero-order valence-electron chi connectivity index (χ0n) is 12.9. The largest absolute Gasteiger partial charge is 0.481 e. The van der Waals surface area contributed by atoms with Crippen LogP contribution in [0.15, 0.2) is 23.1 Å². The molecule has 0 atom stereocenters. The molecule has 1 heterocycles. The van der Waals surface area contributed by atoms with Gasteiger partial charge in [0.15, 0.2) is 0 Å². The highest BCUT2D eigenvalue weighted by Crippen LogP contribution is 2.54. The Morgan fingerprint density at radius 3 is 2.55 bits per heavy atom. The summed E-state index contributed by atoms with van der Waals surface area (Å²) in [7, 11) is -3.43. The van der Waals surface area contributed by atoms with E-state index in [2.05, 4.69) is 0 Å². The number of carbonyl (C=O) groups is 1. The Labute approximate surface area is 131 Å². The van der Waals surface area contributed by atoms with E-state index in [4.69, 9.17) is 5.11 Å². The van der Waals surface area contributed by atoms with Crippen molar-refractivity contribution in [2.75, 3.05) is 13.1 Å². The molecule has 1 N–H and O–H groups in total. The fourth-order valence-electron chi connectivity index (χ4n) is 3.83. The number of aryl methyl sites for hydroxylation is 1. The van der Waals surface area contributed by atoms with Gasteiger partial charge >= 0.3 is 5.97 Å². The average Bonchev–Trinajstić information content (AvgIpc) is 2.33. The fraction of sp³-hybridized carbons (Fsp3) is 0.562. The van der Waals surface area contributed by atoms with Crippen LogP contribution >= 0.6 is 0 Å². The third kappa shape index (κ3) is 2.44. The van der Waals surface area contributed by atoms with Crippen molar-refractivity contribution < 1.29 is 18.3 Å². The number of carboxylic acid groups (broad SMARTS) is 1. The summed E-state index contributed by atoms with van der Waals surface area (Å²) >= 11 is 0. The molecule has 6 heteroatoms. The van der Waals surface area contributed by atoms with Crippen LogP contribution < -0.4 is 0 Å². The summed E-state index contributed by atoms with van der Waals surface area (Å²) in [4.78, 5) is 11.1. The second-order valence-corrected chi connectivity index (χ2v) is 8.75. The predicted molar refractivity (Wildman–Crippen MR) is 82.1 cm³/mol. The summed E-state index contributed by atoms with van der Waals surface area (Å²) in [5.74, 6) is -0.554. The number of hydrogen-bond acceptors (Lipinski definition) is 3. The molecule has 120 valence electrons. The number of benzene rings is 1. The minimum atomic E-state index is -3.43. The fourth-order valence-corrected chi connectivity index (χ4v) is 5.79. The Hall–Kier alpha value is -1.40. The normalized spacial score (nSPS) is 21.4. The van der Waals surface area contributed by atoms with Crippen LogP contribution in [0.25, 0.3) is 0 Å². The second kappa shape index (κ2) is 5.06. The van der Waals surface area contributed by atoms with E-state index in [1.807, 2.05) is 19.9 Å². The molecule has 2 fully saturated rings. The van der Waals surface area contributed by atoms with Gasteiger partial charge in [0.25, 0.3) is 0 Å². The highest BCUT2D eigenvalue weighted by Gasteiger charge is 2.55. The van der Waals surface area contributed by atoms with Crippen LogP contribution in [0.4, 0.5) is 0 Å². The lowest BCUT2D eigenvalue weighted by atomic mass is 9.58. The van der Waals surface area contributed by atoms with Crippen molar-refractivity contribution in [2.45, 2.75) is 38.0 Å². The van der Waals surface area contributed by atoms with Gasteiger partial charge in [-0.3, -0.25) is 4.79 Å². The lowest BCUT2D eigenvalue weighted by molar-refractivity contribution is -0.142. The Kier molecular flexibility index (Phi) is 3.57. The molecule has 1 aromatic rings. The molecule has 1 aromatic carbocycles. The van der Waals surface area contributed by atoms with Gasteiger partial charge in [-0.2, -0.15) is 4.31 Å². The maximum absolute atomic E-state index is 12.7. The Balaban J connectivity index is 1.68. The van der Waals surface area contributed by atoms with Gasteiger partial charge < -0.3 is 5.11 Å². The molecule has 2 aliphatic rings. The maximum Gasteiger partial charge on any atom is 0.303 e. The molecule has 1 aliphatic heterocycles. The van der Waals surface area contributed by atoms with Crippen molar-refractivity contribution in [3.8, 4) is 0 Å². The number of carboxylic acids is 1. The monoisotopic (exact) mass is 323 g/mol. The van der Waals surface area contributed by atoms with Gasteiger partial charge in [-0.25, -0.2) is 8.42 Å². The van der Waals surface area contributed by atoms with Crippen molar-refractivity contribution in [1.82, 2.24) is 4.31 Å². The first-order valence-electron chi connectivity index (χ1n) is 7.52. The van der Waals surface area contributed by atoms with E-state index in [1.165, 1.54) is 4.31 Å². The van der Waals surface area contributed by atoms with Crippen LogP contribution in [-0.4, -0.2) is 36.9 Å². The molecule has 5 nitrogen and oxygen atoms in total. The highest BCUT2D eigenvalue weighted by molar-refractivity contribution is 7.89. The highest BCUT2D eigenvalue weighted by atomic mass is 32.2. The zero-order valence-corrected chi connectivity index (χ0v) is 13.7. The van der Waals surface area contributed by atoms with E-state index in [0.29, 0.717) is 18.0 Å². The topological polar surface area (TPSA) is 74.7 Å². The summed E-state index contributed by atoms with van der Waals surface area (Å²) in [6.45, 7) is 4.80. The number of rotatable bonds is 4. The van der Waals surface area contributed by atoms with Crippen LogP contribution in [0, 0.1) is 25.2 Å². The van der Waals surface area contributed by atoms with Gasteiger partial charge in [0.05, 0.1) is 4.90 Å².